The van der Waals surface area contributed by atoms with Crippen LogP contribution in [-0.4, -0.2) is 39.5 Å². The first-order valence-electron chi connectivity index (χ1n) is 6.11. The maximum absolute atomic E-state index is 11.9. The normalized spacial score (nSPS) is 11.9. The number of aromatic nitrogens is 1. The molecular weight excluding hydrogens is 248 g/mol. The van der Waals surface area contributed by atoms with Crippen LogP contribution in [0.4, 0.5) is 0 Å². The molecule has 1 aromatic heterocycles. The highest BCUT2D eigenvalue weighted by Gasteiger charge is 2.24. The molecule has 6 nitrogen and oxygen atoms in total. The number of pyridine rings is 1. The number of amides is 1. The van der Waals surface area contributed by atoms with Gasteiger partial charge in [0.15, 0.2) is 0 Å². The highest BCUT2D eigenvalue weighted by Crippen LogP contribution is 2.05. The Hall–Kier alpha value is -2.11. The molecule has 0 bridgehead atoms. The number of rotatable bonds is 6. The van der Waals surface area contributed by atoms with E-state index in [1.807, 2.05) is 0 Å². The van der Waals surface area contributed by atoms with E-state index in [0.717, 1.165) is 0 Å². The number of hydrogen-bond donors (Lipinski definition) is 1. The first kappa shape index (κ1) is 14.9. The number of hydrogen-bond acceptors (Lipinski definition) is 3. The van der Waals surface area contributed by atoms with E-state index in [1.165, 1.54) is 22.6 Å². The molecule has 0 aliphatic rings. The summed E-state index contributed by atoms with van der Waals surface area (Å²) in [7, 11) is 1.47. The van der Waals surface area contributed by atoms with Crippen molar-refractivity contribution >= 4 is 11.9 Å². The maximum atomic E-state index is 11.9. The monoisotopic (exact) mass is 266 g/mol. The largest absolute Gasteiger partial charge is 0.480 e. The summed E-state index contributed by atoms with van der Waals surface area (Å²) in [6.07, 6.45) is 2.05. The summed E-state index contributed by atoms with van der Waals surface area (Å²) < 4.78 is 1.42. The second-order valence-electron chi connectivity index (χ2n) is 4.25. The number of nitrogens with zero attached hydrogens (tertiary/aromatic N) is 2. The summed E-state index contributed by atoms with van der Waals surface area (Å²) in [5, 5.41) is 8.97. The fourth-order valence-corrected chi connectivity index (χ4v) is 1.83. The maximum Gasteiger partial charge on any atom is 0.326 e. The van der Waals surface area contributed by atoms with Crippen LogP contribution in [0.5, 0.6) is 0 Å². The van der Waals surface area contributed by atoms with Gasteiger partial charge in [-0.2, -0.15) is 0 Å². The van der Waals surface area contributed by atoms with Gasteiger partial charge in [-0.05, 0) is 12.5 Å². The van der Waals surface area contributed by atoms with Crippen LogP contribution >= 0.6 is 0 Å². The summed E-state index contributed by atoms with van der Waals surface area (Å²) in [5.41, 5.74) is -0.178. The summed E-state index contributed by atoms with van der Waals surface area (Å²) >= 11 is 0. The number of carbonyl (C=O) groups excluding carboxylic acids is 1. The van der Waals surface area contributed by atoms with Crippen LogP contribution in [0.15, 0.2) is 29.2 Å². The molecule has 0 fully saturated rings. The topological polar surface area (TPSA) is 79.6 Å². The molecule has 0 saturated heterocycles. The van der Waals surface area contributed by atoms with Crippen molar-refractivity contribution in [3.8, 4) is 0 Å². The summed E-state index contributed by atoms with van der Waals surface area (Å²) in [6.45, 7) is 1.96. The molecule has 0 aliphatic heterocycles. The zero-order valence-electron chi connectivity index (χ0n) is 11.1. The summed E-state index contributed by atoms with van der Waals surface area (Å²) in [6, 6.07) is 3.94. The van der Waals surface area contributed by atoms with Gasteiger partial charge in [-0.1, -0.05) is 13.0 Å². The lowest BCUT2D eigenvalue weighted by Crippen LogP contribution is -2.42. The van der Waals surface area contributed by atoms with E-state index in [0.29, 0.717) is 6.42 Å². The van der Waals surface area contributed by atoms with Crippen LogP contribution in [-0.2, 0) is 16.1 Å². The summed E-state index contributed by atoms with van der Waals surface area (Å²) in [5.74, 6) is -1.31. The minimum absolute atomic E-state index is 0.101. The minimum atomic E-state index is -1.02. The Labute approximate surface area is 111 Å². The van der Waals surface area contributed by atoms with Gasteiger partial charge >= 0.3 is 5.97 Å². The Morgan fingerprint density at radius 3 is 2.63 bits per heavy atom. The van der Waals surface area contributed by atoms with E-state index in [1.54, 1.807) is 25.3 Å². The lowest BCUT2D eigenvalue weighted by Gasteiger charge is -2.23. The molecule has 1 rings (SSSR count). The van der Waals surface area contributed by atoms with Crippen molar-refractivity contribution in [1.29, 1.82) is 0 Å². The van der Waals surface area contributed by atoms with E-state index in [2.05, 4.69) is 0 Å². The highest BCUT2D eigenvalue weighted by molar-refractivity contribution is 5.83. The van der Waals surface area contributed by atoms with E-state index in [-0.39, 0.29) is 24.4 Å². The van der Waals surface area contributed by atoms with Crippen LogP contribution in [0.2, 0.25) is 0 Å². The van der Waals surface area contributed by atoms with Gasteiger partial charge in [0.25, 0.3) is 5.56 Å². The Balaban J connectivity index is 2.63. The molecule has 1 atom stereocenters. The minimum Gasteiger partial charge on any atom is -0.480 e. The van der Waals surface area contributed by atoms with Crippen molar-refractivity contribution in [3.63, 3.8) is 0 Å². The summed E-state index contributed by atoms with van der Waals surface area (Å²) in [4.78, 5) is 35.5. The fourth-order valence-electron chi connectivity index (χ4n) is 1.83. The SMILES string of the molecule is CCC(C(=O)O)N(C)C(=O)CCn1ccccc1=O. The van der Waals surface area contributed by atoms with Gasteiger partial charge in [-0.25, -0.2) is 4.79 Å². The van der Waals surface area contributed by atoms with Crippen molar-refractivity contribution in [2.45, 2.75) is 32.4 Å². The molecule has 0 radical (unpaired) electrons. The van der Waals surface area contributed by atoms with Gasteiger partial charge in [-0.15, -0.1) is 0 Å². The van der Waals surface area contributed by atoms with Crippen LogP contribution in [0.1, 0.15) is 19.8 Å². The van der Waals surface area contributed by atoms with Gasteiger partial charge < -0.3 is 14.6 Å². The molecule has 104 valence electrons. The van der Waals surface area contributed by atoms with Crippen molar-refractivity contribution < 1.29 is 14.7 Å². The number of aliphatic carboxylic acids is 1. The molecule has 1 aromatic rings. The Morgan fingerprint density at radius 2 is 2.11 bits per heavy atom. The van der Waals surface area contributed by atoms with Gasteiger partial charge in [0, 0.05) is 32.3 Å². The molecule has 1 unspecified atom stereocenters. The van der Waals surface area contributed by atoms with Gasteiger partial charge in [-0.3, -0.25) is 9.59 Å². The van der Waals surface area contributed by atoms with Crippen LogP contribution in [0, 0.1) is 0 Å². The van der Waals surface area contributed by atoms with Crippen LogP contribution in [0.3, 0.4) is 0 Å². The molecule has 19 heavy (non-hydrogen) atoms. The highest BCUT2D eigenvalue weighted by atomic mass is 16.4. The Morgan fingerprint density at radius 1 is 1.42 bits per heavy atom. The van der Waals surface area contributed by atoms with E-state index < -0.39 is 12.0 Å². The second-order valence-corrected chi connectivity index (χ2v) is 4.25. The third-order valence-electron chi connectivity index (χ3n) is 3.00. The molecular formula is C13H18N2O4. The fraction of sp³-hybridized carbons (Fsp3) is 0.462. The average Bonchev–Trinajstić information content (AvgIpc) is 2.37. The zero-order valence-corrected chi connectivity index (χ0v) is 11.1. The van der Waals surface area contributed by atoms with Crippen molar-refractivity contribution in [2.24, 2.45) is 0 Å². The lowest BCUT2D eigenvalue weighted by molar-refractivity contribution is -0.149. The number of aryl methyl sites for hydroxylation is 1. The van der Waals surface area contributed by atoms with Crippen molar-refractivity contribution in [1.82, 2.24) is 9.47 Å². The van der Waals surface area contributed by atoms with E-state index >= 15 is 0 Å². The number of carbonyl (C=O) groups is 2. The lowest BCUT2D eigenvalue weighted by atomic mass is 10.2. The third-order valence-corrected chi connectivity index (χ3v) is 3.00. The van der Waals surface area contributed by atoms with Gasteiger partial charge in [0.1, 0.15) is 6.04 Å². The average molecular weight is 266 g/mol. The van der Waals surface area contributed by atoms with Crippen LogP contribution < -0.4 is 5.56 Å². The van der Waals surface area contributed by atoms with E-state index in [4.69, 9.17) is 5.11 Å². The first-order chi connectivity index (χ1) is 8.97. The predicted molar refractivity (Wildman–Crippen MR) is 69.8 cm³/mol. The van der Waals surface area contributed by atoms with Gasteiger partial charge in [0.05, 0.1) is 0 Å². The number of carboxylic acid groups (broad SMARTS) is 1. The second kappa shape index (κ2) is 6.72. The predicted octanol–water partition coefficient (Wildman–Crippen LogP) is 0.560. The molecule has 1 amide bonds. The van der Waals surface area contributed by atoms with Gasteiger partial charge in [0.2, 0.25) is 5.91 Å². The molecule has 1 N–H and O–H groups in total. The number of carboxylic acids is 1. The van der Waals surface area contributed by atoms with Crippen molar-refractivity contribution in [2.75, 3.05) is 7.05 Å². The quantitative estimate of drug-likeness (QED) is 0.816. The standard InChI is InChI=1S/C13H18N2O4/c1-3-10(13(18)19)14(2)11(16)7-9-15-8-5-4-6-12(15)17/h4-6,8,10H,3,7,9H2,1-2H3,(H,18,19). The van der Waals surface area contributed by atoms with Crippen molar-refractivity contribution in [3.05, 3.63) is 34.7 Å². The first-order valence-corrected chi connectivity index (χ1v) is 6.11. The molecule has 0 spiro atoms. The molecule has 0 saturated carbocycles. The van der Waals surface area contributed by atoms with Crippen LogP contribution in [0.25, 0.3) is 0 Å². The number of likely N-dealkylation sites (N-methyl/N-ethyl adjacent to an activating group) is 1. The Bertz CT molecular complexity index is 509. The molecule has 1 heterocycles. The molecule has 6 heteroatoms. The zero-order chi connectivity index (χ0) is 14.4. The molecule has 0 aliphatic carbocycles. The third kappa shape index (κ3) is 3.94. The molecule has 0 aromatic carbocycles. The van der Waals surface area contributed by atoms with E-state index in [9.17, 15) is 14.4 Å². The Kier molecular flexibility index (Phi) is 5.29. The smallest absolute Gasteiger partial charge is 0.326 e.